The van der Waals surface area contributed by atoms with Crippen LogP contribution in [0.3, 0.4) is 0 Å². The van der Waals surface area contributed by atoms with Crippen molar-refractivity contribution in [3.63, 3.8) is 0 Å². The third-order valence-corrected chi connectivity index (χ3v) is 5.44. The summed E-state index contributed by atoms with van der Waals surface area (Å²) >= 11 is 0. The summed E-state index contributed by atoms with van der Waals surface area (Å²) in [4.78, 5) is 28.7. The molecule has 3 heterocycles. The number of methoxy groups -OCH3 is 1. The number of aryl methyl sites for hydroxylation is 1. The van der Waals surface area contributed by atoms with E-state index in [-0.39, 0.29) is 17.2 Å². The molecule has 2 fully saturated rings. The molecular weight excluding hydrogens is 320 g/mol. The summed E-state index contributed by atoms with van der Waals surface area (Å²) in [6, 6.07) is 1.87. The van der Waals surface area contributed by atoms with Crippen molar-refractivity contribution in [3.05, 3.63) is 18.5 Å². The largest absolute Gasteiger partial charge is 0.383 e. The van der Waals surface area contributed by atoms with Crippen molar-refractivity contribution in [2.75, 3.05) is 39.9 Å². The lowest BCUT2D eigenvalue weighted by atomic mass is 9.73. The molecule has 138 valence electrons. The average molecular weight is 348 g/mol. The van der Waals surface area contributed by atoms with E-state index in [2.05, 4.69) is 5.10 Å². The van der Waals surface area contributed by atoms with E-state index in [1.165, 1.54) is 0 Å². The molecule has 3 rings (SSSR count). The fraction of sp³-hybridized carbons (Fsp3) is 0.722. The lowest BCUT2D eigenvalue weighted by Crippen LogP contribution is -2.55. The number of hydrogen-bond acceptors (Lipinski definition) is 4. The van der Waals surface area contributed by atoms with Gasteiger partial charge in [0.2, 0.25) is 11.8 Å². The molecule has 2 aliphatic rings. The monoisotopic (exact) mass is 348 g/mol. The first-order valence-electron chi connectivity index (χ1n) is 9.14. The Labute approximate surface area is 148 Å². The number of carbonyl (C=O) groups is 2. The number of likely N-dealkylation sites (tertiary alicyclic amines) is 2. The number of nitrogens with zero attached hydrogens (tertiary/aromatic N) is 4. The van der Waals surface area contributed by atoms with Crippen LogP contribution in [0.2, 0.25) is 0 Å². The quantitative estimate of drug-likeness (QED) is 0.773. The van der Waals surface area contributed by atoms with Gasteiger partial charge in [-0.1, -0.05) is 0 Å². The Hall–Kier alpha value is -1.89. The highest BCUT2D eigenvalue weighted by Crippen LogP contribution is 2.39. The first-order chi connectivity index (χ1) is 12.1. The van der Waals surface area contributed by atoms with E-state index in [9.17, 15) is 9.59 Å². The van der Waals surface area contributed by atoms with E-state index < -0.39 is 0 Å². The van der Waals surface area contributed by atoms with E-state index >= 15 is 0 Å². The minimum absolute atomic E-state index is 0.0568. The van der Waals surface area contributed by atoms with Crippen LogP contribution in [0.15, 0.2) is 18.5 Å². The minimum Gasteiger partial charge on any atom is -0.383 e. The molecule has 2 saturated heterocycles. The predicted molar refractivity (Wildman–Crippen MR) is 92.8 cm³/mol. The summed E-state index contributed by atoms with van der Waals surface area (Å²) in [6.07, 6.45) is 7.66. The maximum Gasteiger partial charge on any atom is 0.224 e. The van der Waals surface area contributed by atoms with Crippen molar-refractivity contribution in [1.29, 1.82) is 0 Å². The first-order valence-corrected chi connectivity index (χ1v) is 9.14. The van der Waals surface area contributed by atoms with Crippen LogP contribution in [0.5, 0.6) is 0 Å². The minimum atomic E-state index is 0.0568. The average Bonchev–Trinajstić information content (AvgIpc) is 3.14. The second kappa shape index (κ2) is 7.99. The molecule has 0 radical (unpaired) electrons. The molecule has 1 atom stereocenters. The Morgan fingerprint density at radius 3 is 2.96 bits per heavy atom. The van der Waals surface area contributed by atoms with Gasteiger partial charge in [-0.15, -0.1) is 0 Å². The van der Waals surface area contributed by atoms with Crippen molar-refractivity contribution in [3.8, 4) is 0 Å². The third kappa shape index (κ3) is 4.39. The highest BCUT2D eigenvalue weighted by Gasteiger charge is 2.42. The molecule has 1 unspecified atom stereocenters. The normalized spacial score (nSPS) is 24.1. The standard InChI is InChI=1S/C18H28N4O3/c1-25-13-12-21-15-18(7-4-16(21)23)6-2-9-20(14-18)17(24)5-11-22-10-3-8-19-22/h3,8,10H,2,4-7,9,11-15H2,1H3. The molecule has 7 heteroatoms. The van der Waals surface area contributed by atoms with Gasteiger partial charge in [0.15, 0.2) is 0 Å². The van der Waals surface area contributed by atoms with Crippen molar-refractivity contribution in [1.82, 2.24) is 19.6 Å². The molecule has 7 nitrogen and oxygen atoms in total. The van der Waals surface area contributed by atoms with Gasteiger partial charge in [-0.3, -0.25) is 14.3 Å². The summed E-state index contributed by atoms with van der Waals surface area (Å²) in [5.74, 6) is 0.403. The van der Waals surface area contributed by atoms with E-state index in [1.54, 1.807) is 18.0 Å². The van der Waals surface area contributed by atoms with Gasteiger partial charge in [0.1, 0.15) is 0 Å². The van der Waals surface area contributed by atoms with Crippen LogP contribution in [0.1, 0.15) is 32.1 Å². The zero-order chi connectivity index (χ0) is 17.7. The molecule has 2 aliphatic heterocycles. The Morgan fingerprint density at radius 2 is 2.20 bits per heavy atom. The number of piperidine rings is 2. The van der Waals surface area contributed by atoms with Gasteiger partial charge in [-0.25, -0.2) is 0 Å². The molecule has 0 N–H and O–H groups in total. The Balaban J connectivity index is 1.57. The number of hydrogen-bond donors (Lipinski definition) is 0. The molecule has 0 aliphatic carbocycles. The highest BCUT2D eigenvalue weighted by atomic mass is 16.5. The van der Waals surface area contributed by atoms with Gasteiger partial charge in [0.25, 0.3) is 0 Å². The molecule has 1 spiro atoms. The van der Waals surface area contributed by atoms with Crippen LogP contribution < -0.4 is 0 Å². The summed E-state index contributed by atoms with van der Waals surface area (Å²) in [5.41, 5.74) is 0.0568. The summed E-state index contributed by atoms with van der Waals surface area (Å²) < 4.78 is 6.92. The maximum atomic E-state index is 12.6. The van der Waals surface area contributed by atoms with Crippen molar-refractivity contribution >= 4 is 11.8 Å². The van der Waals surface area contributed by atoms with E-state index in [0.717, 1.165) is 38.9 Å². The lowest BCUT2D eigenvalue weighted by molar-refractivity contribution is -0.143. The van der Waals surface area contributed by atoms with Gasteiger partial charge in [-0.2, -0.15) is 5.10 Å². The van der Waals surface area contributed by atoms with Crippen LogP contribution in [0, 0.1) is 5.41 Å². The molecule has 1 aromatic rings. The number of rotatable bonds is 6. The number of aromatic nitrogens is 2. The molecular formula is C18H28N4O3. The van der Waals surface area contributed by atoms with Crippen molar-refractivity contribution in [2.45, 2.75) is 38.6 Å². The number of amides is 2. The molecule has 0 saturated carbocycles. The fourth-order valence-corrected chi connectivity index (χ4v) is 4.06. The zero-order valence-corrected chi connectivity index (χ0v) is 15.0. The Kier molecular flexibility index (Phi) is 5.73. The smallest absolute Gasteiger partial charge is 0.224 e. The second-order valence-electron chi connectivity index (χ2n) is 7.25. The summed E-state index contributed by atoms with van der Waals surface area (Å²) in [6.45, 7) is 4.16. The molecule has 25 heavy (non-hydrogen) atoms. The van der Waals surface area contributed by atoms with E-state index in [0.29, 0.717) is 32.5 Å². The predicted octanol–water partition coefficient (Wildman–Crippen LogP) is 1.15. The Bertz CT molecular complexity index is 589. The Morgan fingerprint density at radius 1 is 1.32 bits per heavy atom. The second-order valence-corrected chi connectivity index (χ2v) is 7.25. The van der Waals surface area contributed by atoms with Gasteiger partial charge >= 0.3 is 0 Å². The van der Waals surface area contributed by atoms with Crippen LogP contribution >= 0.6 is 0 Å². The topological polar surface area (TPSA) is 67.7 Å². The van der Waals surface area contributed by atoms with E-state index in [1.807, 2.05) is 22.1 Å². The first kappa shape index (κ1) is 17.9. The third-order valence-electron chi connectivity index (χ3n) is 5.44. The van der Waals surface area contributed by atoms with Crippen molar-refractivity contribution < 1.29 is 14.3 Å². The molecule has 0 aromatic carbocycles. The van der Waals surface area contributed by atoms with Gasteiger partial charge < -0.3 is 14.5 Å². The number of carbonyl (C=O) groups excluding carboxylic acids is 2. The van der Waals surface area contributed by atoms with Crippen LogP contribution in [0.25, 0.3) is 0 Å². The van der Waals surface area contributed by atoms with Crippen LogP contribution in [0.4, 0.5) is 0 Å². The lowest BCUT2D eigenvalue weighted by Gasteiger charge is -2.48. The number of ether oxygens (including phenoxy) is 1. The fourth-order valence-electron chi connectivity index (χ4n) is 4.06. The van der Waals surface area contributed by atoms with Gasteiger partial charge in [0.05, 0.1) is 6.61 Å². The van der Waals surface area contributed by atoms with Gasteiger partial charge in [-0.05, 0) is 25.3 Å². The van der Waals surface area contributed by atoms with Gasteiger partial charge in [0, 0.05) is 70.5 Å². The SMILES string of the molecule is COCCN1CC2(CCCN(C(=O)CCn3cccn3)C2)CCC1=O. The molecule has 1 aromatic heterocycles. The zero-order valence-electron chi connectivity index (χ0n) is 15.0. The maximum absolute atomic E-state index is 12.6. The van der Waals surface area contributed by atoms with Crippen LogP contribution in [-0.4, -0.2) is 71.3 Å². The molecule has 0 bridgehead atoms. The van der Waals surface area contributed by atoms with Crippen LogP contribution in [-0.2, 0) is 20.9 Å². The van der Waals surface area contributed by atoms with E-state index in [4.69, 9.17) is 4.74 Å². The summed E-state index contributed by atoms with van der Waals surface area (Å²) in [5, 5.41) is 4.15. The highest BCUT2D eigenvalue weighted by molar-refractivity contribution is 5.78. The van der Waals surface area contributed by atoms with Crippen molar-refractivity contribution in [2.24, 2.45) is 5.41 Å². The molecule has 2 amide bonds. The summed E-state index contributed by atoms with van der Waals surface area (Å²) in [7, 11) is 1.66.